The average molecular weight is 395 g/mol. The van der Waals surface area contributed by atoms with E-state index in [0.29, 0.717) is 11.8 Å². The van der Waals surface area contributed by atoms with Crippen molar-refractivity contribution in [1.82, 2.24) is 0 Å². The van der Waals surface area contributed by atoms with Crippen LogP contribution in [-0.4, -0.2) is 53.9 Å². The van der Waals surface area contributed by atoms with Crippen LogP contribution in [0, 0.1) is 0 Å². The third-order valence-electron chi connectivity index (χ3n) is 5.82. The molecule has 140 valence electrons. The predicted molar refractivity (Wildman–Crippen MR) is 112 cm³/mol. The first-order chi connectivity index (χ1) is 11.7. The zero-order valence-electron chi connectivity index (χ0n) is 16.7. The topological polar surface area (TPSA) is 31.0 Å². The molecule has 4 unspecified atom stereocenters. The van der Waals surface area contributed by atoms with Crippen LogP contribution >= 0.6 is 0 Å². The summed E-state index contributed by atoms with van der Waals surface area (Å²) >= 11 is 0. The van der Waals surface area contributed by atoms with E-state index in [1.807, 2.05) is 0 Å². The molecule has 2 aliphatic rings. The maximum absolute atomic E-state index is 7.02. The molecule has 2 fully saturated rings. The molecule has 4 atom stereocenters. The molecule has 0 N–H and O–H groups in total. The van der Waals surface area contributed by atoms with E-state index in [-0.39, 0.29) is 5.60 Å². The van der Waals surface area contributed by atoms with Gasteiger partial charge in [-0.05, 0) is 38.0 Å². The number of ether oxygens (including phenoxy) is 2. The average Bonchev–Trinajstić information content (AvgIpc) is 3.33. The Bertz CT molecular complexity index is 589. The molecular weight excluding hydrogens is 360 g/mol. The molecule has 2 aliphatic heterocycles. The normalized spacial score (nSPS) is 34.5. The third-order valence-corrected chi connectivity index (χ3v) is 39.1. The summed E-state index contributed by atoms with van der Waals surface area (Å²) < 4.78 is 18.9. The maximum Gasteiger partial charge on any atom is 0.204 e. The molecule has 2 heterocycles. The van der Waals surface area contributed by atoms with Crippen molar-refractivity contribution in [2.75, 3.05) is 13.2 Å². The van der Waals surface area contributed by atoms with Crippen molar-refractivity contribution in [1.29, 1.82) is 0 Å². The number of epoxide rings is 1. The Morgan fingerprint density at radius 2 is 1.88 bits per heavy atom. The van der Waals surface area contributed by atoms with Crippen LogP contribution in [-0.2, 0) is 13.9 Å². The van der Waals surface area contributed by atoms with Crippen LogP contribution in [0.3, 0.4) is 0 Å². The first kappa shape index (κ1) is 19.5. The van der Waals surface area contributed by atoms with Gasteiger partial charge >= 0.3 is 0 Å². The lowest BCUT2D eigenvalue weighted by molar-refractivity contribution is 0.0832. The highest BCUT2D eigenvalue weighted by Crippen LogP contribution is 2.40. The van der Waals surface area contributed by atoms with Crippen LogP contribution in [0.5, 0.6) is 0 Å². The lowest BCUT2D eigenvalue weighted by Gasteiger charge is -2.56. The van der Waals surface area contributed by atoms with Gasteiger partial charge in [-0.3, -0.25) is 0 Å². The number of hydrogen-bond donors (Lipinski definition) is 0. The maximum atomic E-state index is 7.02. The number of hydrogen-bond acceptors (Lipinski definition) is 3. The van der Waals surface area contributed by atoms with E-state index in [2.05, 4.69) is 70.7 Å². The van der Waals surface area contributed by atoms with E-state index in [0.717, 1.165) is 19.6 Å². The van der Waals surface area contributed by atoms with Gasteiger partial charge in [-0.15, -0.1) is 0 Å². The van der Waals surface area contributed by atoms with Gasteiger partial charge in [-0.1, -0.05) is 50.3 Å². The first-order valence-corrected chi connectivity index (χ1v) is 19.6. The van der Waals surface area contributed by atoms with Gasteiger partial charge in [-0.2, -0.15) is 0 Å². The highest BCUT2D eigenvalue weighted by atomic mass is 29.6. The second-order valence-corrected chi connectivity index (χ2v) is 31.7. The second-order valence-electron chi connectivity index (χ2n) is 9.21. The fourth-order valence-electron chi connectivity index (χ4n) is 5.34. The summed E-state index contributed by atoms with van der Waals surface area (Å²) in [4.78, 5) is 0. The van der Waals surface area contributed by atoms with Crippen molar-refractivity contribution in [3.63, 3.8) is 0 Å². The van der Waals surface area contributed by atoms with Crippen LogP contribution < -0.4 is 5.19 Å². The Hall–Kier alpha value is -0.249. The summed E-state index contributed by atoms with van der Waals surface area (Å²) in [6, 6.07) is 12.4. The Morgan fingerprint density at radius 3 is 2.44 bits per heavy atom. The largest absolute Gasteiger partial charge is 0.411 e. The van der Waals surface area contributed by atoms with Crippen molar-refractivity contribution < 1.29 is 13.9 Å². The van der Waals surface area contributed by atoms with Crippen molar-refractivity contribution in [3.8, 4) is 0 Å². The van der Waals surface area contributed by atoms with E-state index in [1.165, 1.54) is 11.2 Å². The lowest BCUT2D eigenvalue weighted by Crippen LogP contribution is -2.80. The molecule has 6 heteroatoms. The minimum absolute atomic E-state index is 0.00602. The summed E-state index contributed by atoms with van der Waals surface area (Å²) in [5.41, 5.74) is 0.410. The van der Waals surface area contributed by atoms with Crippen molar-refractivity contribution in [3.05, 3.63) is 30.3 Å². The van der Waals surface area contributed by atoms with Crippen molar-refractivity contribution in [2.45, 2.75) is 70.3 Å². The van der Waals surface area contributed by atoms with Gasteiger partial charge in [0.05, 0.1) is 21.0 Å². The summed E-state index contributed by atoms with van der Waals surface area (Å²) in [6.45, 7) is 16.3. The summed E-state index contributed by atoms with van der Waals surface area (Å²) in [5, 5.41) is 1.48. The highest BCUT2D eigenvalue weighted by Gasteiger charge is 2.60. The van der Waals surface area contributed by atoms with Gasteiger partial charge < -0.3 is 13.9 Å². The molecule has 1 aromatic rings. The summed E-state index contributed by atoms with van der Waals surface area (Å²) in [6.07, 6.45) is 1.46. The van der Waals surface area contributed by atoms with Gasteiger partial charge in [0, 0.05) is 18.9 Å². The molecule has 0 aliphatic carbocycles. The SMILES string of the molecule is CCC(OCC1CO1)[SiH]1[Si](C)(C)CC(C)(C)O[Si]1(C)c1ccccc1. The fraction of sp³-hybridized carbons (Fsp3) is 0.684. The molecule has 0 radical (unpaired) electrons. The van der Waals surface area contributed by atoms with Gasteiger partial charge in [0.2, 0.25) is 7.83 Å². The van der Waals surface area contributed by atoms with E-state index in [1.54, 1.807) is 0 Å². The molecule has 0 aromatic heterocycles. The molecule has 0 spiro atoms. The van der Waals surface area contributed by atoms with Crippen molar-refractivity contribution in [2.24, 2.45) is 0 Å². The van der Waals surface area contributed by atoms with Crippen LogP contribution in [0.4, 0.5) is 0 Å². The van der Waals surface area contributed by atoms with Crippen LogP contribution in [0.15, 0.2) is 30.3 Å². The van der Waals surface area contributed by atoms with Gasteiger partial charge in [0.1, 0.15) is 6.10 Å². The van der Waals surface area contributed by atoms with Crippen LogP contribution in [0.25, 0.3) is 0 Å². The van der Waals surface area contributed by atoms with Gasteiger partial charge in [0.15, 0.2) is 0 Å². The van der Waals surface area contributed by atoms with E-state index >= 15 is 0 Å². The van der Waals surface area contributed by atoms with Crippen molar-refractivity contribution >= 4 is 28.4 Å². The molecule has 0 saturated carbocycles. The van der Waals surface area contributed by atoms with Crippen LogP contribution in [0.1, 0.15) is 27.2 Å². The van der Waals surface area contributed by atoms with Crippen LogP contribution in [0.2, 0.25) is 25.7 Å². The third kappa shape index (κ3) is 4.20. The zero-order valence-corrected chi connectivity index (χ0v) is 19.8. The molecule has 25 heavy (non-hydrogen) atoms. The molecule has 3 rings (SSSR count). The lowest BCUT2D eigenvalue weighted by atomic mass is 10.2. The zero-order chi connectivity index (χ0) is 18.3. The second kappa shape index (κ2) is 7.05. The standard InChI is InChI=1S/C19H34O3Si3/c1-7-18(21-14-16-13-20-16)23-24(4,5)15-19(2,3)22-25(23,6)17-11-9-8-10-12-17/h8-12,16,18,23H,7,13-15H2,1-6H3. The van der Waals surface area contributed by atoms with Gasteiger partial charge in [0.25, 0.3) is 0 Å². The molecule has 1 aromatic carbocycles. The molecular formula is C19H34O3Si3. The Kier molecular flexibility index (Phi) is 5.50. The summed E-state index contributed by atoms with van der Waals surface area (Å²) in [5.74, 6) is 0. The first-order valence-electron chi connectivity index (χ1n) is 9.67. The Balaban J connectivity index is 1.99. The quantitative estimate of drug-likeness (QED) is 0.549. The van der Waals surface area contributed by atoms with E-state index in [9.17, 15) is 0 Å². The minimum Gasteiger partial charge on any atom is -0.411 e. The van der Waals surface area contributed by atoms with E-state index < -0.39 is 23.3 Å². The Labute approximate surface area is 156 Å². The Morgan fingerprint density at radius 1 is 1.24 bits per heavy atom. The highest BCUT2D eigenvalue weighted by molar-refractivity contribution is 7.62. The summed E-state index contributed by atoms with van der Waals surface area (Å²) in [7, 11) is -4.66. The fourth-order valence-corrected chi connectivity index (χ4v) is 47.7. The molecule has 0 amide bonds. The molecule has 3 nitrogen and oxygen atoms in total. The van der Waals surface area contributed by atoms with E-state index in [4.69, 9.17) is 13.9 Å². The number of rotatable bonds is 6. The minimum atomic E-state index is -2.01. The predicted octanol–water partition coefficient (Wildman–Crippen LogP) is 3.10. The monoisotopic (exact) mass is 394 g/mol. The molecule has 2 saturated heterocycles. The van der Waals surface area contributed by atoms with Gasteiger partial charge in [-0.25, -0.2) is 0 Å². The number of benzene rings is 1. The smallest absolute Gasteiger partial charge is 0.204 e. The molecule has 0 bridgehead atoms.